The zero-order valence-electron chi connectivity index (χ0n) is 8.75. The zero-order chi connectivity index (χ0) is 10.3. The summed E-state index contributed by atoms with van der Waals surface area (Å²) >= 11 is 0. The molecule has 0 spiro atoms. The molecule has 0 fully saturated rings. The third kappa shape index (κ3) is 5.45. The summed E-state index contributed by atoms with van der Waals surface area (Å²) in [6.45, 7) is 5.90. The molecule has 13 heavy (non-hydrogen) atoms. The van der Waals surface area contributed by atoms with Gasteiger partial charge in [-0.2, -0.15) is 0 Å². The van der Waals surface area contributed by atoms with Crippen molar-refractivity contribution in [2.75, 3.05) is 0 Å². The van der Waals surface area contributed by atoms with Crippen molar-refractivity contribution in [3.63, 3.8) is 0 Å². The van der Waals surface area contributed by atoms with Crippen molar-refractivity contribution in [1.82, 2.24) is 0 Å². The lowest BCUT2D eigenvalue weighted by Gasteiger charge is -2.17. The summed E-state index contributed by atoms with van der Waals surface area (Å²) in [6.07, 6.45) is 6.93. The molecule has 0 amide bonds. The Morgan fingerprint density at radius 3 is 2.46 bits per heavy atom. The standard InChI is InChI=1S/C11H20O2/c1-4-5-6-7-8-10(9(2)3)11(12)13/h7-10H,4-6H2,1-3H3,(H,12,13)/p-1/b8-7+. The van der Waals surface area contributed by atoms with Crippen LogP contribution in [0.5, 0.6) is 0 Å². The number of carboxylic acids is 1. The smallest absolute Gasteiger partial charge is 0.0485 e. The molecule has 1 atom stereocenters. The Morgan fingerprint density at radius 1 is 1.46 bits per heavy atom. The van der Waals surface area contributed by atoms with E-state index in [1.165, 1.54) is 0 Å². The van der Waals surface area contributed by atoms with Crippen LogP contribution < -0.4 is 5.11 Å². The van der Waals surface area contributed by atoms with Gasteiger partial charge in [-0.1, -0.05) is 45.8 Å². The molecule has 0 aromatic carbocycles. The summed E-state index contributed by atoms with van der Waals surface area (Å²) in [5.41, 5.74) is 0. The SMILES string of the molecule is CCCC/C=C/C(C(=O)[O-])C(C)C. The number of unbranched alkanes of at least 4 members (excludes halogenated alkanes) is 2. The van der Waals surface area contributed by atoms with Crippen LogP contribution in [0.15, 0.2) is 12.2 Å². The van der Waals surface area contributed by atoms with Crippen molar-refractivity contribution in [3.8, 4) is 0 Å². The summed E-state index contributed by atoms with van der Waals surface area (Å²) in [5, 5.41) is 10.6. The third-order valence-electron chi connectivity index (χ3n) is 2.06. The molecule has 0 aromatic heterocycles. The van der Waals surface area contributed by atoms with Gasteiger partial charge in [0.25, 0.3) is 0 Å². The molecule has 2 heteroatoms. The van der Waals surface area contributed by atoms with Crippen molar-refractivity contribution in [3.05, 3.63) is 12.2 Å². The second kappa shape index (κ2) is 6.70. The van der Waals surface area contributed by atoms with Gasteiger partial charge in [-0.25, -0.2) is 0 Å². The fraction of sp³-hybridized carbons (Fsp3) is 0.727. The first kappa shape index (κ1) is 12.2. The molecule has 0 N–H and O–H groups in total. The Balaban J connectivity index is 3.95. The average Bonchev–Trinajstić information content (AvgIpc) is 2.02. The number of allylic oxidation sites excluding steroid dienone is 1. The third-order valence-corrected chi connectivity index (χ3v) is 2.06. The highest BCUT2D eigenvalue weighted by molar-refractivity contribution is 5.70. The van der Waals surface area contributed by atoms with Gasteiger partial charge in [-0.05, 0) is 12.3 Å². The Hall–Kier alpha value is -0.790. The highest BCUT2D eigenvalue weighted by atomic mass is 16.4. The van der Waals surface area contributed by atoms with Gasteiger partial charge in [-0.3, -0.25) is 0 Å². The molecule has 0 aliphatic carbocycles. The maximum Gasteiger partial charge on any atom is 0.0485 e. The maximum atomic E-state index is 10.6. The fourth-order valence-corrected chi connectivity index (χ4v) is 1.14. The maximum absolute atomic E-state index is 10.6. The summed E-state index contributed by atoms with van der Waals surface area (Å²) < 4.78 is 0. The van der Waals surface area contributed by atoms with E-state index in [0.29, 0.717) is 0 Å². The van der Waals surface area contributed by atoms with Gasteiger partial charge in [0.1, 0.15) is 0 Å². The van der Waals surface area contributed by atoms with Crippen LogP contribution in [0.3, 0.4) is 0 Å². The highest BCUT2D eigenvalue weighted by Gasteiger charge is 2.09. The fourth-order valence-electron chi connectivity index (χ4n) is 1.14. The van der Waals surface area contributed by atoms with Crippen LogP contribution in [0.2, 0.25) is 0 Å². The van der Waals surface area contributed by atoms with Gasteiger partial charge < -0.3 is 9.90 Å². The summed E-state index contributed by atoms with van der Waals surface area (Å²) in [7, 11) is 0. The Morgan fingerprint density at radius 2 is 2.08 bits per heavy atom. The highest BCUT2D eigenvalue weighted by Crippen LogP contribution is 2.12. The first-order valence-electron chi connectivity index (χ1n) is 4.97. The molecule has 76 valence electrons. The van der Waals surface area contributed by atoms with Crippen LogP contribution in [-0.2, 0) is 4.79 Å². The number of carboxylic acid groups (broad SMARTS) is 1. The number of hydrogen-bond donors (Lipinski definition) is 0. The predicted molar refractivity (Wildman–Crippen MR) is 52.0 cm³/mol. The molecule has 0 bridgehead atoms. The van der Waals surface area contributed by atoms with Gasteiger partial charge in [0.05, 0.1) is 0 Å². The lowest BCUT2D eigenvalue weighted by Crippen LogP contribution is -2.33. The molecular weight excluding hydrogens is 164 g/mol. The van der Waals surface area contributed by atoms with Crippen molar-refractivity contribution in [1.29, 1.82) is 0 Å². The number of rotatable bonds is 6. The van der Waals surface area contributed by atoms with E-state index in [0.717, 1.165) is 19.3 Å². The summed E-state index contributed by atoms with van der Waals surface area (Å²) in [4.78, 5) is 10.6. The Bertz CT molecular complexity index is 171. The Labute approximate surface area is 80.7 Å². The molecule has 1 unspecified atom stereocenters. The number of carbonyl (C=O) groups is 1. The molecule has 0 saturated heterocycles. The molecular formula is C11H19O2-. The summed E-state index contributed by atoms with van der Waals surface area (Å²) in [6, 6.07) is 0. The van der Waals surface area contributed by atoms with E-state index in [9.17, 15) is 9.90 Å². The number of aliphatic carboxylic acids is 1. The molecule has 0 aliphatic rings. The van der Waals surface area contributed by atoms with E-state index < -0.39 is 11.9 Å². The van der Waals surface area contributed by atoms with Gasteiger partial charge >= 0.3 is 0 Å². The van der Waals surface area contributed by atoms with Crippen molar-refractivity contribution >= 4 is 5.97 Å². The lowest BCUT2D eigenvalue weighted by molar-refractivity contribution is -0.310. The van der Waals surface area contributed by atoms with Gasteiger partial charge in [0.2, 0.25) is 0 Å². The van der Waals surface area contributed by atoms with Gasteiger partial charge in [-0.15, -0.1) is 0 Å². The lowest BCUT2D eigenvalue weighted by atomic mass is 9.95. The van der Waals surface area contributed by atoms with E-state index in [4.69, 9.17) is 0 Å². The quantitative estimate of drug-likeness (QED) is 0.465. The largest absolute Gasteiger partial charge is 0.550 e. The second-order valence-electron chi connectivity index (χ2n) is 3.66. The van der Waals surface area contributed by atoms with Crippen LogP contribution >= 0.6 is 0 Å². The van der Waals surface area contributed by atoms with E-state index in [2.05, 4.69) is 6.92 Å². The van der Waals surface area contributed by atoms with Gasteiger partial charge in [0, 0.05) is 11.9 Å². The van der Waals surface area contributed by atoms with Crippen LogP contribution in [0.25, 0.3) is 0 Å². The predicted octanol–water partition coefficient (Wildman–Crippen LogP) is 1.75. The minimum Gasteiger partial charge on any atom is -0.550 e. The molecule has 2 nitrogen and oxygen atoms in total. The van der Waals surface area contributed by atoms with Crippen LogP contribution in [-0.4, -0.2) is 5.97 Å². The molecule has 0 radical (unpaired) electrons. The second-order valence-corrected chi connectivity index (χ2v) is 3.66. The van der Waals surface area contributed by atoms with E-state index in [1.807, 2.05) is 19.9 Å². The number of hydrogen-bond acceptors (Lipinski definition) is 2. The van der Waals surface area contributed by atoms with Crippen LogP contribution in [0.1, 0.15) is 40.0 Å². The van der Waals surface area contributed by atoms with Crippen LogP contribution in [0.4, 0.5) is 0 Å². The number of carbonyl (C=O) groups excluding carboxylic acids is 1. The molecule has 0 aliphatic heterocycles. The normalized spacial score (nSPS) is 13.8. The van der Waals surface area contributed by atoms with E-state index in [1.54, 1.807) is 6.08 Å². The Kier molecular flexibility index (Phi) is 6.29. The van der Waals surface area contributed by atoms with Crippen LogP contribution in [0, 0.1) is 11.8 Å². The van der Waals surface area contributed by atoms with E-state index >= 15 is 0 Å². The van der Waals surface area contributed by atoms with Crippen molar-refractivity contribution < 1.29 is 9.90 Å². The minimum absolute atomic E-state index is 0.114. The molecule has 0 saturated carbocycles. The zero-order valence-corrected chi connectivity index (χ0v) is 8.75. The average molecular weight is 183 g/mol. The van der Waals surface area contributed by atoms with E-state index in [-0.39, 0.29) is 5.92 Å². The molecule has 0 rings (SSSR count). The van der Waals surface area contributed by atoms with Gasteiger partial charge in [0.15, 0.2) is 0 Å². The first-order valence-corrected chi connectivity index (χ1v) is 4.97. The monoisotopic (exact) mass is 183 g/mol. The minimum atomic E-state index is -0.970. The molecule has 0 heterocycles. The summed E-state index contributed by atoms with van der Waals surface area (Å²) in [5.74, 6) is -1.29. The first-order chi connectivity index (χ1) is 6.09. The van der Waals surface area contributed by atoms with Crippen molar-refractivity contribution in [2.45, 2.75) is 40.0 Å². The van der Waals surface area contributed by atoms with Crippen molar-refractivity contribution in [2.24, 2.45) is 11.8 Å². The topological polar surface area (TPSA) is 40.1 Å². The molecule has 0 aromatic rings.